The van der Waals surface area contributed by atoms with E-state index in [1.807, 2.05) is 0 Å². The van der Waals surface area contributed by atoms with E-state index in [9.17, 15) is 9.59 Å². The lowest BCUT2D eigenvalue weighted by atomic mass is 10.2. The molecule has 0 unspecified atom stereocenters. The van der Waals surface area contributed by atoms with Crippen LogP contribution < -0.4 is 0 Å². The summed E-state index contributed by atoms with van der Waals surface area (Å²) in [4.78, 5) is 22.0. The zero-order valence-electron chi connectivity index (χ0n) is 9.99. The molecule has 6 nitrogen and oxygen atoms in total. The van der Waals surface area contributed by atoms with Gasteiger partial charge in [-0.2, -0.15) is 5.26 Å². The van der Waals surface area contributed by atoms with Crippen molar-refractivity contribution in [2.75, 3.05) is 0 Å². The first-order valence-electron chi connectivity index (χ1n) is 4.61. The summed E-state index contributed by atoms with van der Waals surface area (Å²) in [6, 6.07) is 1.72. The molecule has 0 aliphatic rings. The highest BCUT2D eigenvalue weighted by atomic mass is 16.8. The molecule has 0 saturated heterocycles. The molecule has 0 fully saturated rings. The van der Waals surface area contributed by atoms with E-state index in [-0.39, 0.29) is 0 Å². The van der Waals surface area contributed by atoms with Crippen molar-refractivity contribution in [3.8, 4) is 6.07 Å². The van der Waals surface area contributed by atoms with Gasteiger partial charge in [-0.25, -0.2) is 9.59 Å². The Morgan fingerprint density at radius 1 is 1.00 bits per heavy atom. The molecule has 0 amide bonds. The second kappa shape index (κ2) is 4.84. The van der Waals surface area contributed by atoms with Crippen LogP contribution in [-0.4, -0.2) is 23.5 Å². The molecule has 0 N–H and O–H groups in total. The van der Waals surface area contributed by atoms with Crippen molar-refractivity contribution in [2.45, 2.75) is 45.8 Å². The quantitative estimate of drug-likeness (QED) is 0.506. The summed E-state index contributed by atoms with van der Waals surface area (Å²) < 4.78 is 13.5. The number of hydrogen-bond acceptors (Lipinski definition) is 6. The summed E-state index contributed by atoms with van der Waals surface area (Å²) in [6.07, 6.45) is -2.42. The van der Waals surface area contributed by atoms with Crippen LogP contribution in [0, 0.1) is 11.3 Å². The number of rotatable bonds is 1. The molecule has 0 spiro atoms. The van der Waals surface area contributed by atoms with Crippen LogP contribution in [0.2, 0.25) is 0 Å². The summed E-state index contributed by atoms with van der Waals surface area (Å²) in [7, 11) is 0. The summed E-state index contributed by atoms with van der Waals surface area (Å²) in [5.74, 6) is 0. The van der Waals surface area contributed by atoms with E-state index in [1.54, 1.807) is 26.8 Å². The number of carbonyl (C=O) groups excluding carboxylic acids is 2. The van der Waals surface area contributed by atoms with Crippen LogP contribution in [0.1, 0.15) is 34.6 Å². The summed E-state index contributed by atoms with van der Waals surface area (Å²) in [6.45, 7) is 7.60. The number of hydrogen-bond donors (Lipinski definition) is 0. The van der Waals surface area contributed by atoms with E-state index in [0.717, 1.165) is 0 Å². The van der Waals surface area contributed by atoms with Crippen molar-refractivity contribution in [3.05, 3.63) is 0 Å². The van der Waals surface area contributed by atoms with Crippen LogP contribution in [0.25, 0.3) is 0 Å². The summed E-state index contributed by atoms with van der Waals surface area (Å²) >= 11 is 0. The molecule has 0 saturated carbocycles. The topological polar surface area (TPSA) is 85.6 Å². The largest absolute Gasteiger partial charge is 0.520 e. The van der Waals surface area contributed by atoms with Crippen LogP contribution in [0.5, 0.6) is 0 Å². The predicted octanol–water partition coefficient (Wildman–Crippen LogP) is 2.38. The van der Waals surface area contributed by atoms with Gasteiger partial charge in [0.2, 0.25) is 0 Å². The SMILES string of the molecule is CC(C)(C)OC(=O)OC(=O)OC(C)(C)C#N. The molecular weight excluding hydrogens is 214 g/mol. The smallest absolute Gasteiger partial charge is 0.428 e. The van der Waals surface area contributed by atoms with E-state index >= 15 is 0 Å². The average Bonchev–Trinajstić information content (AvgIpc) is 1.98. The van der Waals surface area contributed by atoms with Crippen LogP contribution in [0.3, 0.4) is 0 Å². The highest BCUT2D eigenvalue weighted by Crippen LogP contribution is 2.11. The minimum Gasteiger partial charge on any atom is -0.428 e. The average molecular weight is 229 g/mol. The van der Waals surface area contributed by atoms with E-state index in [1.165, 1.54) is 13.8 Å². The van der Waals surface area contributed by atoms with Crippen LogP contribution in [-0.2, 0) is 14.2 Å². The molecule has 0 radical (unpaired) electrons. The zero-order valence-corrected chi connectivity index (χ0v) is 9.99. The van der Waals surface area contributed by atoms with E-state index < -0.39 is 23.5 Å². The van der Waals surface area contributed by atoms with Gasteiger partial charge in [-0.05, 0) is 34.6 Å². The molecule has 0 aliphatic carbocycles. The fourth-order valence-corrected chi connectivity index (χ4v) is 0.591. The lowest BCUT2D eigenvalue weighted by Gasteiger charge is -2.19. The Balaban J connectivity index is 4.18. The van der Waals surface area contributed by atoms with E-state index in [0.29, 0.717) is 0 Å². The summed E-state index contributed by atoms with van der Waals surface area (Å²) in [5, 5.41) is 8.56. The molecule has 0 rings (SSSR count). The Labute approximate surface area is 94.1 Å². The first-order chi connectivity index (χ1) is 7.06. The van der Waals surface area contributed by atoms with Crippen molar-refractivity contribution < 1.29 is 23.8 Å². The third kappa shape index (κ3) is 6.65. The second-order valence-corrected chi connectivity index (χ2v) is 4.54. The molecule has 0 aromatic carbocycles. The first-order valence-corrected chi connectivity index (χ1v) is 4.61. The molecule has 0 aliphatic heterocycles. The van der Waals surface area contributed by atoms with Crippen molar-refractivity contribution in [1.82, 2.24) is 0 Å². The molecule has 90 valence electrons. The fourth-order valence-electron chi connectivity index (χ4n) is 0.591. The Morgan fingerprint density at radius 3 is 1.81 bits per heavy atom. The lowest BCUT2D eigenvalue weighted by Crippen LogP contribution is -2.30. The Bertz CT molecular complexity index is 321. The van der Waals surface area contributed by atoms with Crippen molar-refractivity contribution in [1.29, 1.82) is 5.26 Å². The zero-order chi connectivity index (χ0) is 13.0. The molecule has 0 atom stereocenters. The molecular formula is C10H15NO5. The lowest BCUT2D eigenvalue weighted by molar-refractivity contribution is -0.0221. The maximum absolute atomic E-state index is 11.0. The molecule has 0 aromatic rings. The Kier molecular flexibility index (Phi) is 4.30. The standard InChI is InChI=1S/C10H15NO5/c1-9(2,3)15-7(12)14-8(13)16-10(4,5)6-11/h1-5H3. The van der Waals surface area contributed by atoms with Gasteiger partial charge in [-0.3, -0.25) is 0 Å². The van der Waals surface area contributed by atoms with Gasteiger partial charge < -0.3 is 14.2 Å². The van der Waals surface area contributed by atoms with Crippen molar-refractivity contribution in [2.24, 2.45) is 0 Å². The first kappa shape index (κ1) is 14.2. The van der Waals surface area contributed by atoms with Gasteiger partial charge in [0.1, 0.15) is 11.7 Å². The van der Waals surface area contributed by atoms with E-state index in [4.69, 9.17) is 10.00 Å². The molecule has 0 heterocycles. The summed E-state index contributed by atoms with van der Waals surface area (Å²) in [5.41, 5.74) is -2.11. The predicted molar refractivity (Wildman–Crippen MR) is 53.5 cm³/mol. The monoisotopic (exact) mass is 229 g/mol. The maximum Gasteiger partial charge on any atom is 0.520 e. The van der Waals surface area contributed by atoms with E-state index in [2.05, 4.69) is 9.47 Å². The van der Waals surface area contributed by atoms with Crippen LogP contribution >= 0.6 is 0 Å². The number of ether oxygens (including phenoxy) is 3. The number of carbonyl (C=O) groups is 2. The van der Waals surface area contributed by atoms with Gasteiger partial charge in [0.05, 0.1) is 0 Å². The van der Waals surface area contributed by atoms with Crippen LogP contribution in [0.4, 0.5) is 9.59 Å². The second-order valence-electron chi connectivity index (χ2n) is 4.54. The highest BCUT2D eigenvalue weighted by molar-refractivity contribution is 5.77. The normalized spacial score (nSPS) is 11.2. The van der Waals surface area contributed by atoms with Gasteiger partial charge in [0, 0.05) is 0 Å². The van der Waals surface area contributed by atoms with Gasteiger partial charge in [-0.15, -0.1) is 0 Å². The number of nitriles is 1. The maximum atomic E-state index is 11.0. The number of nitrogens with zero attached hydrogens (tertiary/aromatic N) is 1. The fraction of sp³-hybridized carbons (Fsp3) is 0.700. The minimum atomic E-state index is -1.35. The van der Waals surface area contributed by atoms with Gasteiger partial charge in [-0.1, -0.05) is 0 Å². The van der Waals surface area contributed by atoms with Crippen LogP contribution in [0.15, 0.2) is 0 Å². The molecule has 0 bridgehead atoms. The molecule has 0 aromatic heterocycles. The third-order valence-electron chi connectivity index (χ3n) is 1.16. The van der Waals surface area contributed by atoms with Crippen molar-refractivity contribution >= 4 is 12.3 Å². The van der Waals surface area contributed by atoms with Gasteiger partial charge >= 0.3 is 12.3 Å². The minimum absolute atomic E-state index is 0.762. The Morgan fingerprint density at radius 2 is 1.44 bits per heavy atom. The van der Waals surface area contributed by atoms with Gasteiger partial charge in [0.25, 0.3) is 0 Å². The molecule has 6 heteroatoms. The molecule has 16 heavy (non-hydrogen) atoms. The van der Waals surface area contributed by atoms with Crippen molar-refractivity contribution in [3.63, 3.8) is 0 Å². The van der Waals surface area contributed by atoms with Gasteiger partial charge in [0.15, 0.2) is 5.60 Å². The highest BCUT2D eigenvalue weighted by Gasteiger charge is 2.27. The Hall–Kier alpha value is -1.77. The third-order valence-corrected chi connectivity index (χ3v) is 1.16.